The van der Waals surface area contributed by atoms with E-state index < -0.39 is 0 Å². The first kappa shape index (κ1) is 19.6. The summed E-state index contributed by atoms with van der Waals surface area (Å²) in [5.74, 6) is 2.58. The van der Waals surface area contributed by atoms with E-state index in [9.17, 15) is 0 Å². The highest BCUT2D eigenvalue weighted by Crippen LogP contribution is 2.56. The summed E-state index contributed by atoms with van der Waals surface area (Å²) in [4.78, 5) is 11.1. The van der Waals surface area contributed by atoms with Crippen LogP contribution in [0.3, 0.4) is 0 Å². The van der Waals surface area contributed by atoms with Crippen molar-refractivity contribution in [1.82, 2.24) is 14.9 Å². The summed E-state index contributed by atoms with van der Waals surface area (Å²) in [5, 5.41) is 2.96. The minimum atomic E-state index is -0.309. The predicted octanol–water partition coefficient (Wildman–Crippen LogP) is 3.28. The normalized spacial score (nSPS) is 26.1. The molecule has 30 heavy (non-hydrogen) atoms. The second-order valence-corrected chi connectivity index (χ2v) is 9.44. The van der Waals surface area contributed by atoms with Crippen LogP contribution >= 0.6 is 0 Å². The molecule has 0 amide bonds. The highest BCUT2D eigenvalue weighted by atomic mass is 16.5. The van der Waals surface area contributed by atoms with E-state index in [1.54, 1.807) is 7.11 Å². The second kappa shape index (κ2) is 7.10. The monoisotopic (exact) mass is 410 g/mol. The lowest BCUT2D eigenvalue weighted by Crippen LogP contribution is -2.63. The number of ether oxygens (including phenoxy) is 3. The van der Waals surface area contributed by atoms with Crippen LogP contribution in [0, 0.1) is 11.3 Å². The van der Waals surface area contributed by atoms with Gasteiger partial charge in [0.05, 0.1) is 19.8 Å². The molecule has 7 nitrogen and oxygen atoms in total. The smallest absolute Gasteiger partial charge is 0.222 e. The molecule has 0 unspecified atom stereocenters. The van der Waals surface area contributed by atoms with Gasteiger partial charge in [-0.15, -0.1) is 0 Å². The molecule has 160 valence electrons. The zero-order valence-electron chi connectivity index (χ0n) is 18.1. The maximum absolute atomic E-state index is 6.53. The fraction of sp³-hybridized carbons (Fsp3) is 0.565. The Bertz CT molecular complexity index is 925. The van der Waals surface area contributed by atoms with Crippen molar-refractivity contribution in [3.8, 4) is 11.5 Å². The lowest BCUT2D eigenvalue weighted by Gasteiger charge is -2.58. The molecule has 1 aromatic carbocycles. The predicted molar refractivity (Wildman–Crippen MR) is 114 cm³/mol. The molecular weight excluding hydrogens is 380 g/mol. The Morgan fingerprint density at radius 1 is 1.23 bits per heavy atom. The summed E-state index contributed by atoms with van der Waals surface area (Å²) < 4.78 is 18.6. The van der Waals surface area contributed by atoms with Gasteiger partial charge in [-0.3, -0.25) is 4.90 Å². The highest BCUT2D eigenvalue weighted by Gasteiger charge is 2.56. The highest BCUT2D eigenvalue weighted by molar-refractivity contribution is 5.50. The third-order valence-corrected chi connectivity index (χ3v) is 6.83. The summed E-state index contributed by atoms with van der Waals surface area (Å²) >= 11 is 0. The van der Waals surface area contributed by atoms with Crippen molar-refractivity contribution in [2.24, 2.45) is 11.3 Å². The number of benzene rings is 1. The van der Waals surface area contributed by atoms with Crippen molar-refractivity contribution < 1.29 is 14.2 Å². The lowest BCUT2D eigenvalue weighted by atomic mass is 9.64. The molecule has 7 heteroatoms. The van der Waals surface area contributed by atoms with Gasteiger partial charge in [-0.1, -0.05) is 12.1 Å². The van der Waals surface area contributed by atoms with Crippen molar-refractivity contribution in [2.75, 3.05) is 39.2 Å². The first-order valence-electron chi connectivity index (χ1n) is 10.6. The zero-order chi connectivity index (χ0) is 20.9. The summed E-state index contributed by atoms with van der Waals surface area (Å²) in [7, 11) is 3.52. The van der Waals surface area contributed by atoms with Crippen LogP contribution in [0.15, 0.2) is 30.6 Å². The van der Waals surface area contributed by atoms with Crippen LogP contribution in [0.1, 0.15) is 37.5 Å². The van der Waals surface area contributed by atoms with Crippen molar-refractivity contribution in [1.29, 1.82) is 0 Å². The molecule has 0 bridgehead atoms. The number of nitrogens with one attached hydrogen (secondary N) is 1. The molecule has 1 N–H and O–H groups in total. The molecule has 2 fully saturated rings. The van der Waals surface area contributed by atoms with Crippen LogP contribution in [0.5, 0.6) is 11.5 Å². The number of para-hydroxylation sites is 1. The van der Waals surface area contributed by atoms with E-state index in [2.05, 4.69) is 40.1 Å². The molecular formula is C23H30N4O3. The second-order valence-electron chi connectivity index (χ2n) is 9.44. The van der Waals surface area contributed by atoms with Gasteiger partial charge in [0, 0.05) is 61.5 Å². The molecule has 0 aliphatic carbocycles. The van der Waals surface area contributed by atoms with E-state index in [1.165, 1.54) is 0 Å². The van der Waals surface area contributed by atoms with Crippen molar-refractivity contribution in [2.45, 2.75) is 38.5 Å². The third kappa shape index (κ3) is 3.20. The van der Waals surface area contributed by atoms with Crippen LogP contribution in [-0.2, 0) is 11.3 Å². The standard InChI is InChI=1S/C23H30N4O3/c1-22(2)17-8-23(12-27(13-23)11-15-9-25-21(24-3)26-10-15)14-29-19(17)16-6-5-7-18(28-4)20(16)30-22/h5-7,9-10,17,19H,8,11-14H2,1-4H3,(H,24,25,26)/t17-,19+/m0/s1. The van der Waals surface area contributed by atoms with Crippen LogP contribution in [0.4, 0.5) is 5.95 Å². The maximum Gasteiger partial charge on any atom is 0.222 e. The van der Waals surface area contributed by atoms with Gasteiger partial charge in [-0.05, 0) is 26.3 Å². The molecule has 4 heterocycles. The van der Waals surface area contributed by atoms with Gasteiger partial charge < -0.3 is 19.5 Å². The van der Waals surface area contributed by atoms with Crippen LogP contribution in [-0.4, -0.2) is 54.3 Å². The molecule has 0 saturated carbocycles. The summed E-state index contributed by atoms with van der Waals surface area (Å²) in [6.45, 7) is 8.08. The fourth-order valence-corrected chi connectivity index (χ4v) is 5.36. The number of hydrogen-bond acceptors (Lipinski definition) is 7. The molecule has 3 aliphatic heterocycles. The number of fused-ring (bicyclic) bond motifs is 3. The number of methoxy groups -OCH3 is 1. The van der Waals surface area contributed by atoms with E-state index in [4.69, 9.17) is 14.2 Å². The van der Waals surface area contributed by atoms with Gasteiger partial charge in [-0.25, -0.2) is 9.97 Å². The molecule has 2 aromatic rings. The molecule has 2 saturated heterocycles. The Labute approximate surface area is 177 Å². The van der Waals surface area contributed by atoms with Crippen molar-refractivity contribution in [3.63, 3.8) is 0 Å². The average molecular weight is 411 g/mol. The largest absolute Gasteiger partial charge is 0.493 e. The Balaban J connectivity index is 1.29. The Morgan fingerprint density at radius 2 is 2.00 bits per heavy atom. The van der Waals surface area contributed by atoms with Gasteiger partial charge in [0.25, 0.3) is 0 Å². The minimum Gasteiger partial charge on any atom is -0.493 e. The molecule has 3 aliphatic rings. The molecule has 5 rings (SSSR count). The van der Waals surface area contributed by atoms with E-state index >= 15 is 0 Å². The van der Waals surface area contributed by atoms with Gasteiger partial charge >= 0.3 is 0 Å². The van der Waals surface area contributed by atoms with E-state index in [0.717, 1.165) is 55.3 Å². The minimum absolute atomic E-state index is 0.0565. The molecule has 1 aromatic heterocycles. The Hall–Kier alpha value is -2.38. The van der Waals surface area contributed by atoms with Gasteiger partial charge in [0.15, 0.2) is 11.5 Å². The maximum atomic E-state index is 6.53. The van der Waals surface area contributed by atoms with Crippen LogP contribution in [0.25, 0.3) is 0 Å². The number of aromatic nitrogens is 2. The van der Waals surface area contributed by atoms with Crippen molar-refractivity contribution in [3.05, 3.63) is 41.7 Å². The van der Waals surface area contributed by atoms with Crippen LogP contribution < -0.4 is 14.8 Å². The topological polar surface area (TPSA) is 68.7 Å². The summed E-state index contributed by atoms with van der Waals surface area (Å²) in [6.07, 6.45) is 4.97. The van der Waals surface area contributed by atoms with E-state index in [-0.39, 0.29) is 17.1 Å². The molecule has 0 radical (unpaired) electrons. The summed E-state index contributed by atoms with van der Waals surface area (Å²) in [6, 6.07) is 6.09. The molecule has 1 spiro atoms. The van der Waals surface area contributed by atoms with Crippen LogP contribution in [0.2, 0.25) is 0 Å². The number of nitrogens with zero attached hydrogens (tertiary/aromatic N) is 3. The van der Waals surface area contributed by atoms with E-state index in [0.29, 0.717) is 11.9 Å². The number of likely N-dealkylation sites (tertiary alicyclic amines) is 1. The van der Waals surface area contributed by atoms with E-state index in [1.807, 2.05) is 31.6 Å². The number of anilines is 1. The van der Waals surface area contributed by atoms with Gasteiger partial charge in [-0.2, -0.15) is 0 Å². The van der Waals surface area contributed by atoms with Crippen molar-refractivity contribution >= 4 is 5.95 Å². The zero-order valence-corrected chi connectivity index (χ0v) is 18.1. The number of hydrogen-bond donors (Lipinski definition) is 1. The SMILES string of the molecule is CNc1ncc(CN2CC3(CO[C@@H]4c5cccc(OC)c5OC(C)(C)[C@H]4C3)C2)cn1. The lowest BCUT2D eigenvalue weighted by molar-refractivity contribution is -0.200. The average Bonchev–Trinajstić information content (AvgIpc) is 2.73. The van der Waals surface area contributed by atoms with Gasteiger partial charge in [0.2, 0.25) is 5.95 Å². The molecule has 2 atom stereocenters. The quantitative estimate of drug-likeness (QED) is 0.830. The fourth-order valence-electron chi connectivity index (χ4n) is 5.36. The Morgan fingerprint density at radius 3 is 2.70 bits per heavy atom. The first-order chi connectivity index (χ1) is 14.4. The third-order valence-electron chi connectivity index (χ3n) is 6.83. The van der Waals surface area contributed by atoms with Gasteiger partial charge in [0.1, 0.15) is 5.60 Å². The Kier molecular flexibility index (Phi) is 4.63. The summed E-state index contributed by atoms with van der Waals surface area (Å²) in [5.41, 5.74) is 2.15. The number of rotatable bonds is 4. The first-order valence-corrected chi connectivity index (χ1v) is 10.6.